The fraction of sp³-hybridized carbons (Fsp3) is 0.600. The first-order chi connectivity index (χ1) is 8.75. The zero-order chi connectivity index (χ0) is 12.8. The molecule has 3 heteroatoms. The van der Waals surface area contributed by atoms with E-state index in [0.717, 1.165) is 12.1 Å². The first kappa shape index (κ1) is 13.4. The molecule has 0 aliphatic carbocycles. The average molecular weight is 248 g/mol. The number of nitrogens with zero attached hydrogens (tertiary/aromatic N) is 1. The van der Waals surface area contributed by atoms with Crippen LogP contribution in [0.5, 0.6) is 5.75 Å². The molecule has 2 N–H and O–H groups in total. The first-order valence-electron chi connectivity index (χ1n) is 7.00. The van der Waals surface area contributed by atoms with Crippen molar-refractivity contribution < 1.29 is 5.11 Å². The molecule has 1 aromatic rings. The maximum absolute atomic E-state index is 9.44. The van der Waals surface area contributed by atoms with E-state index >= 15 is 0 Å². The Labute approximate surface area is 110 Å². The van der Waals surface area contributed by atoms with Crippen molar-refractivity contribution in [1.82, 2.24) is 10.2 Å². The van der Waals surface area contributed by atoms with Gasteiger partial charge >= 0.3 is 0 Å². The molecule has 0 aromatic heterocycles. The van der Waals surface area contributed by atoms with Gasteiger partial charge in [-0.05, 0) is 70.1 Å². The van der Waals surface area contributed by atoms with Crippen LogP contribution in [0.15, 0.2) is 24.3 Å². The van der Waals surface area contributed by atoms with E-state index in [9.17, 15) is 5.11 Å². The molecular formula is C15H24N2O. The van der Waals surface area contributed by atoms with Crippen LogP contribution < -0.4 is 5.32 Å². The predicted octanol–water partition coefficient (Wildman–Crippen LogP) is 2.53. The van der Waals surface area contributed by atoms with Crippen LogP contribution in [-0.2, 0) is 0 Å². The van der Waals surface area contributed by atoms with Crippen LogP contribution in [0, 0.1) is 0 Å². The van der Waals surface area contributed by atoms with E-state index in [-0.39, 0.29) is 0 Å². The van der Waals surface area contributed by atoms with Gasteiger partial charge in [0.15, 0.2) is 0 Å². The van der Waals surface area contributed by atoms with Crippen LogP contribution in [0.3, 0.4) is 0 Å². The fourth-order valence-corrected chi connectivity index (χ4v) is 2.54. The summed E-state index contributed by atoms with van der Waals surface area (Å²) >= 11 is 0. The molecule has 1 fully saturated rings. The quantitative estimate of drug-likeness (QED) is 0.759. The van der Waals surface area contributed by atoms with Gasteiger partial charge in [0.1, 0.15) is 5.75 Å². The van der Waals surface area contributed by atoms with Gasteiger partial charge in [0, 0.05) is 6.04 Å². The molecule has 2 rings (SSSR count). The van der Waals surface area contributed by atoms with Gasteiger partial charge in [0.05, 0.1) is 0 Å². The van der Waals surface area contributed by atoms with Crippen molar-refractivity contribution in [2.45, 2.75) is 32.2 Å². The van der Waals surface area contributed by atoms with Crippen molar-refractivity contribution in [1.29, 1.82) is 0 Å². The number of rotatable bonds is 6. The van der Waals surface area contributed by atoms with Crippen LogP contribution in [-0.4, -0.2) is 36.2 Å². The summed E-state index contributed by atoms with van der Waals surface area (Å²) in [5, 5.41) is 13.0. The van der Waals surface area contributed by atoms with Gasteiger partial charge in [0.2, 0.25) is 0 Å². The molecule has 0 saturated carbocycles. The largest absolute Gasteiger partial charge is 0.508 e. The maximum Gasteiger partial charge on any atom is 0.115 e. The van der Waals surface area contributed by atoms with E-state index in [1.54, 1.807) is 6.07 Å². The second-order valence-electron chi connectivity index (χ2n) is 5.17. The first-order valence-corrected chi connectivity index (χ1v) is 7.00. The minimum Gasteiger partial charge on any atom is -0.508 e. The lowest BCUT2D eigenvalue weighted by Gasteiger charge is -2.17. The lowest BCUT2D eigenvalue weighted by molar-refractivity contribution is 0.328. The van der Waals surface area contributed by atoms with Gasteiger partial charge in [-0.15, -0.1) is 0 Å². The lowest BCUT2D eigenvalue weighted by atomic mass is 10.1. The fourth-order valence-electron chi connectivity index (χ4n) is 2.54. The van der Waals surface area contributed by atoms with Crippen molar-refractivity contribution in [3.63, 3.8) is 0 Å². The summed E-state index contributed by atoms with van der Waals surface area (Å²) in [5.74, 6) is 0.346. The highest BCUT2D eigenvalue weighted by molar-refractivity contribution is 5.28. The molecule has 0 spiro atoms. The SMILES string of the molecule is CC(NCCCN1CCCC1)c1cccc(O)c1. The third kappa shape index (κ3) is 4.00. The van der Waals surface area contributed by atoms with Crippen LogP contribution in [0.2, 0.25) is 0 Å². The van der Waals surface area contributed by atoms with E-state index in [2.05, 4.69) is 23.2 Å². The third-order valence-corrected chi connectivity index (χ3v) is 3.67. The Morgan fingerprint density at radius 1 is 1.33 bits per heavy atom. The van der Waals surface area contributed by atoms with Crippen LogP contribution in [0.25, 0.3) is 0 Å². The maximum atomic E-state index is 9.44. The Morgan fingerprint density at radius 3 is 2.83 bits per heavy atom. The Hall–Kier alpha value is -1.06. The molecule has 1 saturated heterocycles. The van der Waals surface area contributed by atoms with E-state index in [0.29, 0.717) is 11.8 Å². The molecule has 1 unspecified atom stereocenters. The highest BCUT2D eigenvalue weighted by Crippen LogP contribution is 2.17. The molecule has 1 atom stereocenters. The Kier molecular flexibility index (Phi) is 5.02. The standard InChI is InChI=1S/C15H24N2O/c1-13(14-6-4-7-15(18)12-14)16-8-5-11-17-9-2-3-10-17/h4,6-7,12-13,16,18H,2-3,5,8-11H2,1H3. The Balaban J connectivity index is 1.66. The highest BCUT2D eigenvalue weighted by Gasteiger charge is 2.10. The molecule has 100 valence electrons. The summed E-state index contributed by atoms with van der Waals surface area (Å²) in [4.78, 5) is 2.54. The number of phenols is 1. The van der Waals surface area contributed by atoms with Gasteiger partial charge in [-0.3, -0.25) is 0 Å². The average Bonchev–Trinajstić information content (AvgIpc) is 2.87. The zero-order valence-electron chi connectivity index (χ0n) is 11.2. The van der Waals surface area contributed by atoms with Crippen LogP contribution >= 0.6 is 0 Å². The van der Waals surface area contributed by atoms with Gasteiger partial charge in [-0.2, -0.15) is 0 Å². The van der Waals surface area contributed by atoms with E-state index in [1.807, 2.05) is 12.1 Å². The number of likely N-dealkylation sites (tertiary alicyclic amines) is 1. The van der Waals surface area contributed by atoms with Crippen molar-refractivity contribution in [2.24, 2.45) is 0 Å². The molecule has 0 amide bonds. The summed E-state index contributed by atoms with van der Waals surface area (Å²) in [6.45, 7) is 6.95. The summed E-state index contributed by atoms with van der Waals surface area (Å²) < 4.78 is 0. The normalized spacial score (nSPS) is 18.1. The minimum atomic E-state index is 0.302. The van der Waals surface area contributed by atoms with Crippen molar-refractivity contribution in [2.75, 3.05) is 26.2 Å². The zero-order valence-corrected chi connectivity index (χ0v) is 11.2. The number of phenolic OH excluding ortho intramolecular Hbond substituents is 1. The second-order valence-corrected chi connectivity index (χ2v) is 5.17. The molecule has 0 radical (unpaired) electrons. The number of benzene rings is 1. The molecule has 1 aliphatic rings. The van der Waals surface area contributed by atoms with E-state index < -0.39 is 0 Å². The smallest absolute Gasteiger partial charge is 0.115 e. The summed E-state index contributed by atoms with van der Waals surface area (Å²) in [6.07, 6.45) is 3.93. The number of hydrogen-bond acceptors (Lipinski definition) is 3. The van der Waals surface area contributed by atoms with Gasteiger partial charge in [-0.25, -0.2) is 0 Å². The molecule has 3 nitrogen and oxygen atoms in total. The van der Waals surface area contributed by atoms with Gasteiger partial charge in [-0.1, -0.05) is 12.1 Å². The summed E-state index contributed by atoms with van der Waals surface area (Å²) in [5.41, 5.74) is 1.15. The van der Waals surface area contributed by atoms with Gasteiger partial charge < -0.3 is 15.3 Å². The minimum absolute atomic E-state index is 0.302. The third-order valence-electron chi connectivity index (χ3n) is 3.67. The topological polar surface area (TPSA) is 35.5 Å². The van der Waals surface area contributed by atoms with E-state index in [1.165, 1.54) is 38.9 Å². The monoisotopic (exact) mass is 248 g/mol. The van der Waals surface area contributed by atoms with Crippen molar-refractivity contribution in [3.05, 3.63) is 29.8 Å². The highest BCUT2D eigenvalue weighted by atomic mass is 16.3. The van der Waals surface area contributed by atoms with Gasteiger partial charge in [0.25, 0.3) is 0 Å². The summed E-state index contributed by atoms with van der Waals surface area (Å²) in [6, 6.07) is 7.79. The number of nitrogens with one attached hydrogen (secondary N) is 1. The van der Waals surface area contributed by atoms with Crippen LogP contribution in [0.1, 0.15) is 37.8 Å². The molecular weight excluding hydrogens is 224 g/mol. The lowest BCUT2D eigenvalue weighted by Crippen LogP contribution is -2.26. The molecule has 1 aliphatic heterocycles. The number of aromatic hydroxyl groups is 1. The molecule has 1 aromatic carbocycles. The van der Waals surface area contributed by atoms with Crippen molar-refractivity contribution >= 4 is 0 Å². The second kappa shape index (κ2) is 6.76. The Bertz CT molecular complexity index is 361. The van der Waals surface area contributed by atoms with E-state index in [4.69, 9.17) is 0 Å². The molecule has 18 heavy (non-hydrogen) atoms. The predicted molar refractivity (Wildman–Crippen MR) is 74.8 cm³/mol. The Morgan fingerprint density at radius 2 is 2.11 bits per heavy atom. The number of hydrogen-bond donors (Lipinski definition) is 2. The summed E-state index contributed by atoms with van der Waals surface area (Å²) in [7, 11) is 0. The van der Waals surface area contributed by atoms with Crippen molar-refractivity contribution in [3.8, 4) is 5.75 Å². The molecule has 0 bridgehead atoms. The van der Waals surface area contributed by atoms with Crippen LogP contribution in [0.4, 0.5) is 0 Å². The molecule has 1 heterocycles.